The van der Waals surface area contributed by atoms with E-state index in [1.54, 1.807) is 5.32 Å². The molecule has 0 saturated heterocycles. The average Bonchev–Trinajstić information content (AvgIpc) is 2.33. The van der Waals surface area contributed by atoms with Crippen molar-refractivity contribution in [2.45, 2.75) is 12.5 Å². The minimum atomic E-state index is -1.60. The third-order valence-corrected chi connectivity index (χ3v) is 2.28. The van der Waals surface area contributed by atoms with Crippen LogP contribution < -0.4 is 16.8 Å². The lowest BCUT2D eigenvalue weighted by atomic mass is 10.2. The maximum atomic E-state index is 13.5. The first kappa shape index (κ1) is 15.4. The lowest BCUT2D eigenvalue weighted by Crippen LogP contribution is -2.39. The molecule has 1 aromatic carbocycles. The molecule has 1 aromatic rings. The molecule has 0 saturated carbocycles. The molecule has 20 heavy (non-hydrogen) atoms. The highest BCUT2D eigenvalue weighted by Gasteiger charge is 2.25. The summed E-state index contributed by atoms with van der Waals surface area (Å²) in [6.07, 6.45) is -0.545. The number of halogens is 2. The standard InChI is InChI=1S/C10H10F2N4O4/c11-4-1-2-6(16(19)20)9(8(4)12)15-10(18)5(13)3-7(14)17/h1-2,5H,3,13H2,(H2,14,17)(H,15,18). The molecule has 1 unspecified atom stereocenters. The van der Waals surface area contributed by atoms with Crippen LogP contribution in [0.3, 0.4) is 0 Å². The van der Waals surface area contributed by atoms with Crippen LogP contribution in [0.1, 0.15) is 6.42 Å². The number of carbonyl (C=O) groups excluding carboxylic acids is 2. The van der Waals surface area contributed by atoms with Crippen LogP contribution in [0.2, 0.25) is 0 Å². The summed E-state index contributed by atoms with van der Waals surface area (Å²) in [5.74, 6) is -4.97. The molecule has 5 N–H and O–H groups in total. The second kappa shape index (κ2) is 6.02. The maximum Gasteiger partial charge on any atom is 0.296 e. The first-order valence-corrected chi connectivity index (χ1v) is 5.21. The highest BCUT2D eigenvalue weighted by Crippen LogP contribution is 2.29. The first-order chi connectivity index (χ1) is 9.23. The quantitative estimate of drug-likeness (QED) is 0.517. The Bertz CT molecular complexity index is 579. The number of nitrogens with two attached hydrogens (primary N) is 2. The number of nitro groups is 1. The summed E-state index contributed by atoms with van der Waals surface area (Å²) < 4.78 is 26.5. The van der Waals surface area contributed by atoms with Gasteiger partial charge < -0.3 is 16.8 Å². The zero-order chi connectivity index (χ0) is 15.4. The van der Waals surface area contributed by atoms with E-state index in [4.69, 9.17) is 11.5 Å². The summed E-state index contributed by atoms with van der Waals surface area (Å²) >= 11 is 0. The number of rotatable bonds is 5. The Morgan fingerprint density at radius 2 is 2.00 bits per heavy atom. The van der Waals surface area contributed by atoms with Gasteiger partial charge in [-0.3, -0.25) is 19.7 Å². The molecule has 108 valence electrons. The van der Waals surface area contributed by atoms with Crippen molar-refractivity contribution in [3.05, 3.63) is 33.9 Å². The number of primary amides is 1. The molecular weight excluding hydrogens is 278 g/mol. The highest BCUT2D eigenvalue weighted by molar-refractivity contribution is 5.98. The van der Waals surface area contributed by atoms with Crippen LogP contribution in [0.25, 0.3) is 0 Å². The second-order valence-electron chi connectivity index (χ2n) is 3.78. The van der Waals surface area contributed by atoms with Crippen molar-refractivity contribution in [2.24, 2.45) is 11.5 Å². The fourth-order valence-corrected chi connectivity index (χ4v) is 1.34. The lowest BCUT2D eigenvalue weighted by molar-refractivity contribution is -0.384. The van der Waals surface area contributed by atoms with E-state index in [-0.39, 0.29) is 0 Å². The van der Waals surface area contributed by atoms with E-state index in [0.717, 1.165) is 0 Å². The van der Waals surface area contributed by atoms with Crippen molar-refractivity contribution < 1.29 is 23.3 Å². The van der Waals surface area contributed by atoms with E-state index in [1.165, 1.54) is 0 Å². The number of carbonyl (C=O) groups is 2. The van der Waals surface area contributed by atoms with E-state index < -0.39 is 52.2 Å². The molecule has 0 aliphatic rings. The van der Waals surface area contributed by atoms with Crippen molar-refractivity contribution in [3.8, 4) is 0 Å². The Morgan fingerprint density at radius 3 is 2.50 bits per heavy atom. The SMILES string of the molecule is NC(=O)CC(N)C(=O)Nc1c([N+](=O)[O-])ccc(F)c1F. The van der Waals surface area contributed by atoms with Crippen molar-refractivity contribution in [3.63, 3.8) is 0 Å². The Hall–Kier alpha value is -2.62. The van der Waals surface area contributed by atoms with Crippen molar-refractivity contribution in [1.82, 2.24) is 0 Å². The zero-order valence-electron chi connectivity index (χ0n) is 9.93. The Morgan fingerprint density at radius 1 is 1.40 bits per heavy atom. The van der Waals surface area contributed by atoms with Gasteiger partial charge in [0.25, 0.3) is 5.69 Å². The number of anilines is 1. The molecular formula is C10H10F2N4O4. The number of amides is 2. The number of nitrogens with one attached hydrogen (secondary N) is 1. The van der Waals surface area contributed by atoms with E-state index in [9.17, 15) is 28.5 Å². The van der Waals surface area contributed by atoms with Crippen LogP contribution >= 0.6 is 0 Å². The van der Waals surface area contributed by atoms with Gasteiger partial charge in [0.1, 0.15) is 0 Å². The fraction of sp³-hybridized carbons (Fsp3) is 0.200. The predicted octanol–water partition coefficient (Wildman–Crippen LogP) is 0.0142. The monoisotopic (exact) mass is 288 g/mol. The predicted molar refractivity (Wildman–Crippen MR) is 63.4 cm³/mol. The number of benzene rings is 1. The second-order valence-corrected chi connectivity index (χ2v) is 3.78. The summed E-state index contributed by atoms with van der Waals surface area (Å²) in [5.41, 5.74) is 8.29. The van der Waals surface area contributed by atoms with Crippen LogP contribution in [0.5, 0.6) is 0 Å². The normalized spacial score (nSPS) is 11.8. The minimum absolute atomic E-state index is 0.545. The summed E-state index contributed by atoms with van der Waals surface area (Å²) in [5, 5.41) is 12.5. The summed E-state index contributed by atoms with van der Waals surface area (Å²) in [4.78, 5) is 31.8. The van der Waals surface area contributed by atoms with Crippen LogP contribution in [0.15, 0.2) is 12.1 Å². The molecule has 0 heterocycles. The number of hydrogen-bond acceptors (Lipinski definition) is 5. The molecule has 0 fully saturated rings. The van der Waals surface area contributed by atoms with Gasteiger partial charge in [-0.05, 0) is 6.07 Å². The molecule has 2 amide bonds. The molecule has 8 nitrogen and oxygen atoms in total. The summed E-state index contributed by atoms with van der Waals surface area (Å²) in [7, 11) is 0. The number of nitrogens with zero attached hydrogens (tertiary/aromatic N) is 1. The third-order valence-electron chi connectivity index (χ3n) is 2.28. The molecule has 0 aliphatic carbocycles. The molecule has 0 spiro atoms. The van der Waals surface area contributed by atoms with E-state index in [2.05, 4.69) is 0 Å². The number of hydrogen-bond donors (Lipinski definition) is 3. The first-order valence-electron chi connectivity index (χ1n) is 5.21. The van der Waals surface area contributed by atoms with Crippen LogP contribution in [-0.4, -0.2) is 22.8 Å². The lowest BCUT2D eigenvalue weighted by Gasteiger charge is -2.11. The summed E-state index contributed by atoms with van der Waals surface area (Å²) in [6, 6.07) is -0.199. The Labute approximate surface area is 110 Å². The van der Waals surface area contributed by atoms with Crippen molar-refractivity contribution >= 4 is 23.2 Å². The smallest absolute Gasteiger partial charge is 0.296 e. The molecule has 0 aromatic heterocycles. The van der Waals surface area contributed by atoms with Gasteiger partial charge in [0.15, 0.2) is 17.3 Å². The average molecular weight is 288 g/mol. The molecule has 10 heteroatoms. The molecule has 1 atom stereocenters. The number of nitro benzene ring substituents is 1. The van der Waals surface area contributed by atoms with Gasteiger partial charge in [0.05, 0.1) is 17.4 Å². The third kappa shape index (κ3) is 3.45. The maximum absolute atomic E-state index is 13.5. The van der Waals surface area contributed by atoms with Gasteiger partial charge in [-0.1, -0.05) is 0 Å². The van der Waals surface area contributed by atoms with E-state index in [1.807, 2.05) is 0 Å². The molecule has 1 rings (SSSR count). The van der Waals surface area contributed by atoms with Crippen LogP contribution in [0, 0.1) is 21.7 Å². The Kier molecular flexibility index (Phi) is 4.64. The molecule has 0 bridgehead atoms. The van der Waals surface area contributed by atoms with Gasteiger partial charge in [-0.2, -0.15) is 0 Å². The van der Waals surface area contributed by atoms with E-state index in [0.29, 0.717) is 12.1 Å². The topological polar surface area (TPSA) is 141 Å². The largest absolute Gasteiger partial charge is 0.370 e. The Balaban J connectivity index is 3.08. The highest BCUT2D eigenvalue weighted by atomic mass is 19.2. The fourth-order valence-electron chi connectivity index (χ4n) is 1.34. The van der Waals surface area contributed by atoms with Gasteiger partial charge in [-0.15, -0.1) is 0 Å². The van der Waals surface area contributed by atoms with Gasteiger partial charge >= 0.3 is 0 Å². The summed E-state index contributed by atoms with van der Waals surface area (Å²) in [6.45, 7) is 0. The van der Waals surface area contributed by atoms with E-state index >= 15 is 0 Å². The van der Waals surface area contributed by atoms with Gasteiger partial charge in [0.2, 0.25) is 11.8 Å². The molecule has 0 aliphatic heterocycles. The van der Waals surface area contributed by atoms with Gasteiger partial charge in [-0.25, -0.2) is 8.78 Å². The van der Waals surface area contributed by atoms with Gasteiger partial charge in [0, 0.05) is 6.07 Å². The van der Waals surface area contributed by atoms with Crippen LogP contribution in [0.4, 0.5) is 20.2 Å². The van der Waals surface area contributed by atoms with Crippen molar-refractivity contribution in [2.75, 3.05) is 5.32 Å². The minimum Gasteiger partial charge on any atom is -0.370 e. The van der Waals surface area contributed by atoms with Crippen LogP contribution in [-0.2, 0) is 9.59 Å². The van der Waals surface area contributed by atoms with Crippen molar-refractivity contribution in [1.29, 1.82) is 0 Å². The molecule has 0 radical (unpaired) electrons. The zero-order valence-corrected chi connectivity index (χ0v) is 9.93.